The summed E-state index contributed by atoms with van der Waals surface area (Å²) in [7, 11) is 0. The first kappa shape index (κ1) is 29.6. The average molecular weight is 555 g/mol. The highest BCUT2D eigenvalue weighted by Gasteiger charge is 2.47. The normalized spacial score (nSPS) is 11.2. The van der Waals surface area contributed by atoms with Gasteiger partial charge in [-0.05, 0) is 74.6 Å². The Morgan fingerprint density at radius 3 is 2.08 bits per heavy atom. The Bertz CT molecular complexity index is 1160. The van der Waals surface area contributed by atoms with Crippen molar-refractivity contribution in [1.82, 2.24) is 0 Å². The van der Waals surface area contributed by atoms with Gasteiger partial charge in [0.1, 0.15) is 12.4 Å². The predicted octanol–water partition coefficient (Wildman–Crippen LogP) is 7.92. The topological polar surface area (TPSA) is 61.8 Å². The number of ether oxygens (including phenoxy) is 3. The van der Waals surface area contributed by atoms with Gasteiger partial charge in [-0.25, -0.2) is 0 Å². The SMILES string of the molecule is CCCC(CCc1cccc(Sc2ccc(OCc3ccccc3)cc2)c1Cl)(C(=O)OCC)C(=O)OCC. The second kappa shape index (κ2) is 14.8. The maximum absolute atomic E-state index is 13.0. The van der Waals surface area contributed by atoms with E-state index in [1.54, 1.807) is 25.6 Å². The van der Waals surface area contributed by atoms with E-state index in [-0.39, 0.29) is 19.6 Å². The molecule has 38 heavy (non-hydrogen) atoms. The Hall–Kier alpha value is -2.96. The summed E-state index contributed by atoms with van der Waals surface area (Å²) < 4.78 is 16.5. The molecule has 5 nitrogen and oxygen atoms in total. The van der Waals surface area contributed by atoms with Gasteiger partial charge in [0.05, 0.1) is 18.2 Å². The Balaban J connectivity index is 1.71. The molecule has 0 N–H and O–H groups in total. The van der Waals surface area contributed by atoms with Crippen LogP contribution in [0.15, 0.2) is 82.6 Å². The van der Waals surface area contributed by atoms with Crippen molar-refractivity contribution < 1.29 is 23.8 Å². The average Bonchev–Trinajstić information content (AvgIpc) is 2.93. The molecule has 0 atom stereocenters. The molecule has 7 heteroatoms. The summed E-state index contributed by atoms with van der Waals surface area (Å²) in [5.74, 6) is -0.267. The standard InChI is InChI=1S/C31H35ClO5S/c1-4-20-31(29(33)35-5-2,30(34)36-6-3)21-19-24-13-10-14-27(28(24)32)38-26-17-15-25(16-18-26)37-22-23-11-8-7-9-12-23/h7-18H,4-6,19-22H2,1-3H3. The maximum atomic E-state index is 13.0. The third-order valence-electron chi connectivity index (χ3n) is 6.17. The fourth-order valence-corrected chi connectivity index (χ4v) is 5.46. The minimum absolute atomic E-state index is 0.201. The van der Waals surface area contributed by atoms with Crippen LogP contribution in [0.4, 0.5) is 0 Å². The number of rotatable bonds is 14. The lowest BCUT2D eigenvalue weighted by Crippen LogP contribution is -2.42. The van der Waals surface area contributed by atoms with Crippen LogP contribution >= 0.6 is 23.4 Å². The molecule has 0 radical (unpaired) electrons. The van der Waals surface area contributed by atoms with Crippen LogP contribution in [-0.4, -0.2) is 25.2 Å². The molecular weight excluding hydrogens is 520 g/mol. The van der Waals surface area contributed by atoms with Gasteiger partial charge in [0, 0.05) is 9.79 Å². The number of hydrogen-bond donors (Lipinski definition) is 0. The lowest BCUT2D eigenvalue weighted by atomic mass is 9.78. The molecule has 0 heterocycles. The Morgan fingerprint density at radius 2 is 1.47 bits per heavy atom. The molecule has 0 bridgehead atoms. The molecule has 0 aliphatic carbocycles. The second-order valence-electron chi connectivity index (χ2n) is 8.85. The number of carbonyl (C=O) groups is 2. The number of halogens is 1. The highest BCUT2D eigenvalue weighted by Crippen LogP contribution is 2.39. The number of aryl methyl sites for hydroxylation is 1. The zero-order valence-corrected chi connectivity index (χ0v) is 23.8. The van der Waals surface area contributed by atoms with Crippen molar-refractivity contribution in [3.8, 4) is 5.75 Å². The number of benzene rings is 3. The van der Waals surface area contributed by atoms with Crippen molar-refractivity contribution >= 4 is 35.3 Å². The first-order valence-corrected chi connectivity index (χ1v) is 14.2. The van der Waals surface area contributed by atoms with Crippen molar-refractivity contribution in [3.63, 3.8) is 0 Å². The minimum Gasteiger partial charge on any atom is -0.489 e. The van der Waals surface area contributed by atoms with Gasteiger partial charge in [-0.1, -0.05) is 79.2 Å². The van der Waals surface area contributed by atoms with E-state index in [2.05, 4.69) is 0 Å². The fraction of sp³-hybridized carbons (Fsp3) is 0.355. The largest absolute Gasteiger partial charge is 0.489 e. The smallest absolute Gasteiger partial charge is 0.323 e. The van der Waals surface area contributed by atoms with Crippen LogP contribution in [-0.2, 0) is 32.1 Å². The summed E-state index contributed by atoms with van der Waals surface area (Å²) in [5, 5.41) is 0.611. The van der Waals surface area contributed by atoms with Crippen molar-refractivity contribution in [1.29, 1.82) is 0 Å². The minimum atomic E-state index is -1.34. The molecule has 0 saturated heterocycles. The third-order valence-corrected chi connectivity index (χ3v) is 7.80. The van der Waals surface area contributed by atoms with Gasteiger partial charge in [-0.2, -0.15) is 0 Å². The summed E-state index contributed by atoms with van der Waals surface area (Å²) in [6.45, 7) is 6.33. The molecule has 202 valence electrons. The van der Waals surface area contributed by atoms with E-state index in [0.29, 0.717) is 30.9 Å². The molecule has 0 fully saturated rings. The Kier molecular flexibility index (Phi) is 11.6. The molecule has 3 aromatic carbocycles. The van der Waals surface area contributed by atoms with Crippen LogP contribution in [0.5, 0.6) is 5.75 Å². The van der Waals surface area contributed by atoms with Crippen molar-refractivity contribution in [2.45, 2.75) is 62.9 Å². The van der Waals surface area contributed by atoms with Crippen molar-refractivity contribution in [2.24, 2.45) is 5.41 Å². The third kappa shape index (κ3) is 7.78. The molecular formula is C31H35ClO5S. The van der Waals surface area contributed by atoms with Gasteiger partial charge in [0.2, 0.25) is 0 Å². The second-order valence-corrected chi connectivity index (χ2v) is 10.3. The van der Waals surface area contributed by atoms with E-state index in [1.165, 1.54) is 0 Å². The van der Waals surface area contributed by atoms with Crippen molar-refractivity contribution in [2.75, 3.05) is 13.2 Å². The molecule has 0 aromatic heterocycles. The lowest BCUT2D eigenvalue weighted by Gasteiger charge is -2.29. The molecule has 0 aliphatic rings. The van der Waals surface area contributed by atoms with Crippen LogP contribution in [0, 0.1) is 5.41 Å². The van der Waals surface area contributed by atoms with E-state index < -0.39 is 17.4 Å². The maximum Gasteiger partial charge on any atom is 0.323 e. The van der Waals surface area contributed by atoms with Gasteiger partial charge in [0.15, 0.2) is 5.41 Å². The van der Waals surface area contributed by atoms with E-state index >= 15 is 0 Å². The van der Waals surface area contributed by atoms with E-state index in [9.17, 15) is 9.59 Å². The van der Waals surface area contributed by atoms with Crippen LogP contribution in [0.25, 0.3) is 0 Å². The summed E-state index contributed by atoms with van der Waals surface area (Å²) in [6.07, 6.45) is 1.71. The van der Waals surface area contributed by atoms with Gasteiger partial charge >= 0.3 is 11.9 Å². The molecule has 0 aliphatic heterocycles. The van der Waals surface area contributed by atoms with Crippen LogP contribution in [0.2, 0.25) is 5.02 Å². The molecule has 3 rings (SSSR count). The van der Waals surface area contributed by atoms with Gasteiger partial charge in [-0.3, -0.25) is 9.59 Å². The number of hydrogen-bond acceptors (Lipinski definition) is 6. The van der Waals surface area contributed by atoms with E-state index in [0.717, 1.165) is 26.7 Å². The highest BCUT2D eigenvalue weighted by atomic mass is 35.5. The van der Waals surface area contributed by atoms with Gasteiger partial charge in [0.25, 0.3) is 0 Å². The van der Waals surface area contributed by atoms with E-state index in [4.69, 9.17) is 25.8 Å². The van der Waals surface area contributed by atoms with Gasteiger partial charge < -0.3 is 14.2 Å². The van der Waals surface area contributed by atoms with Crippen LogP contribution < -0.4 is 4.74 Å². The van der Waals surface area contributed by atoms with Gasteiger partial charge in [-0.15, -0.1) is 0 Å². The lowest BCUT2D eigenvalue weighted by molar-refractivity contribution is -0.173. The number of esters is 2. The summed E-state index contributed by atoms with van der Waals surface area (Å²) in [5.41, 5.74) is 0.639. The van der Waals surface area contributed by atoms with E-state index in [1.807, 2.05) is 79.7 Å². The molecule has 3 aromatic rings. The number of carbonyl (C=O) groups excluding carboxylic acids is 2. The first-order valence-electron chi connectivity index (χ1n) is 13.0. The highest BCUT2D eigenvalue weighted by molar-refractivity contribution is 7.99. The monoisotopic (exact) mass is 554 g/mol. The summed E-state index contributed by atoms with van der Waals surface area (Å²) >= 11 is 8.37. The zero-order valence-electron chi connectivity index (χ0n) is 22.2. The van der Waals surface area contributed by atoms with Crippen molar-refractivity contribution in [3.05, 3.63) is 88.9 Å². The molecule has 0 unspecified atom stereocenters. The molecule has 0 spiro atoms. The quantitative estimate of drug-likeness (QED) is 0.149. The Morgan fingerprint density at radius 1 is 0.816 bits per heavy atom. The first-order chi connectivity index (χ1) is 18.4. The zero-order chi connectivity index (χ0) is 27.4. The Labute approximate surface area is 234 Å². The predicted molar refractivity (Wildman–Crippen MR) is 152 cm³/mol. The van der Waals surface area contributed by atoms with Crippen LogP contribution in [0.3, 0.4) is 0 Å². The molecule has 0 amide bonds. The summed E-state index contributed by atoms with van der Waals surface area (Å²) in [4.78, 5) is 27.9. The van der Waals surface area contributed by atoms with Crippen LogP contribution in [0.1, 0.15) is 51.2 Å². The molecule has 0 saturated carbocycles. The fourth-order valence-electron chi connectivity index (χ4n) is 4.23. The summed E-state index contributed by atoms with van der Waals surface area (Å²) in [6, 6.07) is 23.8.